The Hall–Kier alpha value is -1.80. The Morgan fingerprint density at radius 2 is 1.74 bits per heavy atom. The van der Waals surface area contributed by atoms with Crippen molar-refractivity contribution in [2.45, 2.75) is 32.2 Å². The van der Waals surface area contributed by atoms with E-state index in [4.69, 9.17) is 5.73 Å². The van der Waals surface area contributed by atoms with E-state index in [1.807, 2.05) is 42.5 Å². The summed E-state index contributed by atoms with van der Waals surface area (Å²) in [4.78, 5) is 0. The van der Waals surface area contributed by atoms with Gasteiger partial charge in [-0.05, 0) is 41.2 Å². The molecular formula is C17H21NO. The lowest BCUT2D eigenvalue weighted by Crippen LogP contribution is -2.12. The lowest BCUT2D eigenvalue weighted by atomic mass is 9.92. The first-order valence-electron chi connectivity index (χ1n) is 6.76. The zero-order chi connectivity index (χ0) is 13.8. The molecule has 2 atom stereocenters. The molecule has 0 radical (unpaired) electrons. The summed E-state index contributed by atoms with van der Waals surface area (Å²) in [6, 6.07) is 15.6. The molecule has 0 fully saturated rings. The Morgan fingerprint density at radius 1 is 1.05 bits per heavy atom. The SMILES string of the molecule is CCC(C)c1cc(C(N)c2ccccc2)ccc1O. The molecule has 0 aromatic heterocycles. The fraction of sp³-hybridized carbons (Fsp3) is 0.294. The van der Waals surface area contributed by atoms with Crippen molar-refractivity contribution in [3.05, 3.63) is 65.2 Å². The van der Waals surface area contributed by atoms with Crippen molar-refractivity contribution in [3.63, 3.8) is 0 Å². The standard InChI is InChI=1S/C17H21NO/c1-3-12(2)15-11-14(9-10-16(15)19)17(18)13-7-5-4-6-8-13/h4-12,17,19H,3,18H2,1-2H3. The monoisotopic (exact) mass is 255 g/mol. The van der Waals surface area contributed by atoms with Gasteiger partial charge in [0.1, 0.15) is 5.75 Å². The number of hydrogen-bond donors (Lipinski definition) is 2. The molecule has 2 rings (SSSR count). The molecule has 0 aliphatic heterocycles. The van der Waals surface area contributed by atoms with E-state index in [0.29, 0.717) is 11.7 Å². The van der Waals surface area contributed by atoms with E-state index in [0.717, 1.165) is 23.1 Å². The van der Waals surface area contributed by atoms with Crippen LogP contribution in [0.4, 0.5) is 0 Å². The minimum absolute atomic E-state index is 0.149. The van der Waals surface area contributed by atoms with E-state index in [1.165, 1.54) is 0 Å². The highest BCUT2D eigenvalue weighted by molar-refractivity contribution is 5.42. The lowest BCUT2D eigenvalue weighted by Gasteiger charge is -2.17. The maximum atomic E-state index is 9.95. The molecule has 3 N–H and O–H groups in total. The number of nitrogens with two attached hydrogens (primary N) is 1. The van der Waals surface area contributed by atoms with Crippen LogP contribution in [0.1, 0.15) is 48.9 Å². The summed E-state index contributed by atoms with van der Waals surface area (Å²) in [5, 5.41) is 9.95. The van der Waals surface area contributed by atoms with Crippen LogP contribution in [0.2, 0.25) is 0 Å². The van der Waals surface area contributed by atoms with E-state index in [2.05, 4.69) is 13.8 Å². The van der Waals surface area contributed by atoms with Gasteiger partial charge < -0.3 is 10.8 Å². The van der Waals surface area contributed by atoms with Crippen LogP contribution in [0.5, 0.6) is 5.75 Å². The van der Waals surface area contributed by atoms with Gasteiger partial charge in [-0.15, -0.1) is 0 Å². The number of rotatable bonds is 4. The van der Waals surface area contributed by atoms with Gasteiger partial charge >= 0.3 is 0 Å². The van der Waals surface area contributed by atoms with Crippen molar-refractivity contribution in [2.24, 2.45) is 5.73 Å². The molecular weight excluding hydrogens is 234 g/mol. The molecule has 0 aliphatic carbocycles. The largest absolute Gasteiger partial charge is 0.508 e. The summed E-state index contributed by atoms with van der Waals surface area (Å²) in [6.07, 6.45) is 0.998. The molecule has 0 bridgehead atoms. The van der Waals surface area contributed by atoms with E-state index in [-0.39, 0.29) is 6.04 Å². The molecule has 100 valence electrons. The molecule has 0 spiro atoms. The predicted molar refractivity (Wildman–Crippen MR) is 79.3 cm³/mol. The van der Waals surface area contributed by atoms with Crippen molar-refractivity contribution in [2.75, 3.05) is 0 Å². The molecule has 2 heteroatoms. The highest BCUT2D eigenvalue weighted by atomic mass is 16.3. The minimum Gasteiger partial charge on any atom is -0.508 e. The minimum atomic E-state index is -0.149. The highest BCUT2D eigenvalue weighted by Crippen LogP contribution is 2.31. The third-order valence-electron chi connectivity index (χ3n) is 3.71. The van der Waals surface area contributed by atoms with Crippen molar-refractivity contribution in [3.8, 4) is 5.75 Å². The first-order valence-corrected chi connectivity index (χ1v) is 6.76. The van der Waals surface area contributed by atoms with Gasteiger partial charge in [-0.2, -0.15) is 0 Å². The van der Waals surface area contributed by atoms with Crippen LogP contribution in [0.15, 0.2) is 48.5 Å². The zero-order valence-corrected chi connectivity index (χ0v) is 11.5. The fourth-order valence-corrected chi connectivity index (χ4v) is 2.23. The molecule has 0 saturated carbocycles. The Morgan fingerprint density at radius 3 is 2.37 bits per heavy atom. The Kier molecular flexibility index (Phi) is 4.23. The molecule has 2 aromatic rings. The summed E-state index contributed by atoms with van der Waals surface area (Å²) in [5.41, 5.74) is 9.40. The maximum Gasteiger partial charge on any atom is 0.119 e. The van der Waals surface area contributed by atoms with E-state index >= 15 is 0 Å². The van der Waals surface area contributed by atoms with Crippen LogP contribution < -0.4 is 5.73 Å². The Labute approximate surface area is 114 Å². The summed E-state index contributed by atoms with van der Waals surface area (Å²) in [6.45, 7) is 4.24. The fourth-order valence-electron chi connectivity index (χ4n) is 2.23. The van der Waals surface area contributed by atoms with Crippen LogP contribution in [0, 0.1) is 0 Å². The highest BCUT2D eigenvalue weighted by Gasteiger charge is 2.14. The second-order valence-electron chi connectivity index (χ2n) is 5.02. The van der Waals surface area contributed by atoms with Crippen LogP contribution in [-0.4, -0.2) is 5.11 Å². The molecule has 2 unspecified atom stereocenters. The van der Waals surface area contributed by atoms with Crippen molar-refractivity contribution in [1.29, 1.82) is 0 Å². The summed E-state index contributed by atoms with van der Waals surface area (Å²) >= 11 is 0. The quantitative estimate of drug-likeness (QED) is 0.868. The molecule has 0 aliphatic rings. The average molecular weight is 255 g/mol. The number of phenols is 1. The van der Waals surface area contributed by atoms with Gasteiger partial charge in [0.05, 0.1) is 6.04 Å². The van der Waals surface area contributed by atoms with Crippen LogP contribution >= 0.6 is 0 Å². The molecule has 0 amide bonds. The third-order valence-corrected chi connectivity index (χ3v) is 3.71. The van der Waals surface area contributed by atoms with Gasteiger partial charge in [-0.1, -0.05) is 50.2 Å². The number of phenolic OH excluding ortho intramolecular Hbond substituents is 1. The van der Waals surface area contributed by atoms with Crippen molar-refractivity contribution < 1.29 is 5.11 Å². The average Bonchev–Trinajstić information content (AvgIpc) is 2.47. The summed E-state index contributed by atoms with van der Waals surface area (Å²) in [7, 11) is 0. The van der Waals surface area contributed by atoms with Crippen LogP contribution in [0.25, 0.3) is 0 Å². The smallest absolute Gasteiger partial charge is 0.119 e. The van der Waals surface area contributed by atoms with E-state index in [9.17, 15) is 5.11 Å². The second kappa shape index (κ2) is 5.89. The first-order chi connectivity index (χ1) is 9.13. The summed E-state index contributed by atoms with van der Waals surface area (Å²) < 4.78 is 0. The topological polar surface area (TPSA) is 46.2 Å². The number of aromatic hydroxyl groups is 1. The summed E-state index contributed by atoms with van der Waals surface area (Å²) in [5.74, 6) is 0.696. The van der Waals surface area contributed by atoms with Gasteiger partial charge in [-0.25, -0.2) is 0 Å². The van der Waals surface area contributed by atoms with Crippen molar-refractivity contribution in [1.82, 2.24) is 0 Å². The van der Waals surface area contributed by atoms with Gasteiger partial charge in [0, 0.05) is 0 Å². The van der Waals surface area contributed by atoms with Crippen LogP contribution in [-0.2, 0) is 0 Å². The molecule has 19 heavy (non-hydrogen) atoms. The Balaban J connectivity index is 2.36. The molecule has 0 saturated heterocycles. The van der Waals surface area contributed by atoms with Gasteiger partial charge in [0.15, 0.2) is 0 Å². The lowest BCUT2D eigenvalue weighted by molar-refractivity contribution is 0.461. The van der Waals surface area contributed by atoms with Crippen molar-refractivity contribution >= 4 is 0 Å². The first kappa shape index (κ1) is 13.6. The third kappa shape index (κ3) is 2.96. The Bertz CT molecular complexity index is 536. The van der Waals surface area contributed by atoms with E-state index in [1.54, 1.807) is 6.07 Å². The number of hydrogen-bond acceptors (Lipinski definition) is 2. The van der Waals surface area contributed by atoms with Gasteiger partial charge in [0.25, 0.3) is 0 Å². The number of benzene rings is 2. The van der Waals surface area contributed by atoms with Gasteiger partial charge in [-0.3, -0.25) is 0 Å². The zero-order valence-electron chi connectivity index (χ0n) is 11.5. The molecule has 0 heterocycles. The second-order valence-corrected chi connectivity index (χ2v) is 5.02. The van der Waals surface area contributed by atoms with E-state index < -0.39 is 0 Å². The molecule has 2 nitrogen and oxygen atoms in total. The van der Waals surface area contributed by atoms with Crippen LogP contribution in [0.3, 0.4) is 0 Å². The maximum absolute atomic E-state index is 9.95. The van der Waals surface area contributed by atoms with Gasteiger partial charge in [0.2, 0.25) is 0 Å². The molecule has 2 aromatic carbocycles. The predicted octanol–water partition coefficient (Wildman–Crippen LogP) is 3.95. The normalized spacial score (nSPS) is 14.1.